The summed E-state index contributed by atoms with van der Waals surface area (Å²) in [4.78, 5) is 54.2. The van der Waals surface area contributed by atoms with Gasteiger partial charge in [0.2, 0.25) is 5.91 Å². The molecule has 0 saturated carbocycles. The van der Waals surface area contributed by atoms with Crippen molar-refractivity contribution in [3.63, 3.8) is 0 Å². The summed E-state index contributed by atoms with van der Waals surface area (Å²) in [5.41, 5.74) is 1.20. The molecule has 0 spiro atoms. The fraction of sp³-hybridized carbons (Fsp3) is 0.429. The lowest BCUT2D eigenvalue weighted by atomic mass is 10.1. The largest absolute Gasteiger partial charge is 0.461 e. The number of carbonyl (C=O) groups excluding carboxylic acids is 4. The molecule has 0 aliphatic rings. The van der Waals surface area contributed by atoms with E-state index in [9.17, 15) is 19.2 Å². The Bertz CT molecular complexity index is 935. The first-order chi connectivity index (χ1) is 14.8. The van der Waals surface area contributed by atoms with Crippen LogP contribution in [0.2, 0.25) is 0 Å². The molecule has 2 amide bonds. The highest BCUT2D eigenvalue weighted by Crippen LogP contribution is 2.20. The van der Waals surface area contributed by atoms with E-state index in [4.69, 9.17) is 9.47 Å². The summed E-state index contributed by atoms with van der Waals surface area (Å²) in [5, 5.41) is 4.67. The van der Waals surface area contributed by atoms with Crippen molar-refractivity contribution in [2.75, 3.05) is 26.3 Å². The Morgan fingerprint density at radius 2 is 1.87 bits per heavy atom. The van der Waals surface area contributed by atoms with Crippen LogP contribution in [0, 0.1) is 13.8 Å². The number of hydrogen-bond acceptors (Lipinski definition) is 7. The van der Waals surface area contributed by atoms with Gasteiger partial charge in [0, 0.05) is 17.1 Å². The van der Waals surface area contributed by atoms with Gasteiger partial charge in [-0.15, -0.1) is 11.3 Å². The first-order valence-electron chi connectivity index (χ1n) is 9.88. The van der Waals surface area contributed by atoms with Crippen LogP contribution in [0.1, 0.15) is 50.8 Å². The van der Waals surface area contributed by atoms with Crippen LogP contribution < -0.4 is 5.32 Å². The van der Waals surface area contributed by atoms with Gasteiger partial charge in [-0.2, -0.15) is 0 Å². The van der Waals surface area contributed by atoms with Crippen LogP contribution in [0.5, 0.6) is 0 Å². The second-order valence-electron chi connectivity index (χ2n) is 6.69. The molecule has 2 aromatic heterocycles. The van der Waals surface area contributed by atoms with E-state index in [0.29, 0.717) is 17.8 Å². The maximum Gasteiger partial charge on any atom is 0.355 e. The molecule has 2 heterocycles. The summed E-state index contributed by atoms with van der Waals surface area (Å²) in [7, 11) is 0. The minimum atomic E-state index is -0.728. The van der Waals surface area contributed by atoms with Crippen LogP contribution in [0.4, 0.5) is 0 Å². The summed E-state index contributed by atoms with van der Waals surface area (Å²) in [5.74, 6) is -2.08. The molecule has 2 aromatic rings. The van der Waals surface area contributed by atoms with E-state index in [2.05, 4.69) is 10.3 Å². The Labute approximate surface area is 184 Å². The standard InChI is InChI=1S/C21H27N3O6S/c1-5-24(11-16(25)22-10-15-8-7-9-31-15)17(26)12-30-20(27)18-13(3)19(23-14(18)4)21(28)29-6-2/h7-9,23H,5-6,10-12H2,1-4H3,(H,22,25). The number of esters is 2. The number of carbonyl (C=O) groups is 4. The van der Waals surface area contributed by atoms with Gasteiger partial charge < -0.3 is 24.7 Å². The van der Waals surface area contributed by atoms with Crippen LogP contribution in [0.25, 0.3) is 0 Å². The second-order valence-corrected chi connectivity index (χ2v) is 7.72. The van der Waals surface area contributed by atoms with Crippen LogP contribution >= 0.6 is 11.3 Å². The minimum absolute atomic E-state index is 0.131. The van der Waals surface area contributed by atoms with Crippen molar-refractivity contribution in [3.05, 3.63) is 44.9 Å². The zero-order valence-corrected chi connectivity index (χ0v) is 18.9. The van der Waals surface area contributed by atoms with Gasteiger partial charge in [-0.1, -0.05) is 6.07 Å². The average molecular weight is 450 g/mol. The third-order valence-electron chi connectivity index (χ3n) is 4.56. The van der Waals surface area contributed by atoms with E-state index < -0.39 is 24.5 Å². The lowest BCUT2D eigenvalue weighted by molar-refractivity contribution is -0.138. The third kappa shape index (κ3) is 6.42. The summed E-state index contributed by atoms with van der Waals surface area (Å²) in [6, 6.07) is 3.80. The van der Waals surface area contributed by atoms with E-state index in [1.54, 1.807) is 27.7 Å². The number of nitrogens with one attached hydrogen (secondary N) is 2. The Kier molecular flexibility index (Phi) is 8.80. The predicted octanol–water partition coefficient (Wildman–Crippen LogP) is 2.19. The third-order valence-corrected chi connectivity index (χ3v) is 5.43. The van der Waals surface area contributed by atoms with Gasteiger partial charge in [0.05, 0.1) is 25.3 Å². The van der Waals surface area contributed by atoms with Crippen LogP contribution in [-0.4, -0.2) is 59.9 Å². The zero-order valence-electron chi connectivity index (χ0n) is 18.1. The van der Waals surface area contributed by atoms with Crippen molar-refractivity contribution in [2.24, 2.45) is 0 Å². The van der Waals surface area contributed by atoms with E-state index >= 15 is 0 Å². The molecule has 0 unspecified atom stereocenters. The average Bonchev–Trinajstić information content (AvgIpc) is 3.36. The molecule has 0 atom stereocenters. The van der Waals surface area contributed by atoms with Crippen molar-refractivity contribution in [1.29, 1.82) is 0 Å². The van der Waals surface area contributed by atoms with E-state index in [1.165, 1.54) is 16.2 Å². The number of likely N-dealkylation sites (N-methyl/N-ethyl adjacent to an activating group) is 1. The number of aryl methyl sites for hydroxylation is 1. The van der Waals surface area contributed by atoms with Crippen molar-refractivity contribution < 1.29 is 28.7 Å². The topological polar surface area (TPSA) is 118 Å². The van der Waals surface area contributed by atoms with E-state index in [1.807, 2.05) is 17.5 Å². The van der Waals surface area contributed by atoms with Gasteiger partial charge >= 0.3 is 11.9 Å². The second kappa shape index (κ2) is 11.3. The number of H-pyrrole nitrogens is 1. The first kappa shape index (κ1) is 24.1. The minimum Gasteiger partial charge on any atom is -0.461 e. The maximum atomic E-state index is 12.5. The van der Waals surface area contributed by atoms with Gasteiger partial charge in [-0.25, -0.2) is 9.59 Å². The van der Waals surface area contributed by atoms with Gasteiger partial charge in [-0.05, 0) is 44.7 Å². The molecular formula is C21H27N3O6S. The Hall–Kier alpha value is -3.14. The fourth-order valence-electron chi connectivity index (χ4n) is 2.96. The number of ether oxygens (including phenoxy) is 2. The molecule has 2 rings (SSSR count). The summed E-state index contributed by atoms with van der Waals surface area (Å²) in [6.45, 7) is 6.90. The lowest BCUT2D eigenvalue weighted by Gasteiger charge is -2.20. The number of nitrogens with zero attached hydrogens (tertiary/aromatic N) is 1. The van der Waals surface area contributed by atoms with E-state index in [-0.39, 0.29) is 36.9 Å². The predicted molar refractivity (Wildman–Crippen MR) is 115 cm³/mol. The van der Waals surface area contributed by atoms with Gasteiger partial charge in [0.1, 0.15) is 5.69 Å². The Balaban J connectivity index is 1.92. The number of rotatable bonds is 10. The number of amides is 2. The molecule has 31 heavy (non-hydrogen) atoms. The molecule has 0 saturated heterocycles. The molecule has 10 heteroatoms. The zero-order chi connectivity index (χ0) is 23.0. The highest BCUT2D eigenvalue weighted by Gasteiger charge is 2.25. The normalized spacial score (nSPS) is 10.5. The van der Waals surface area contributed by atoms with Gasteiger partial charge in [0.15, 0.2) is 6.61 Å². The molecule has 9 nitrogen and oxygen atoms in total. The van der Waals surface area contributed by atoms with Crippen LogP contribution in [-0.2, 0) is 25.6 Å². The van der Waals surface area contributed by atoms with Gasteiger partial charge in [-0.3, -0.25) is 9.59 Å². The molecule has 0 aliphatic heterocycles. The smallest absolute Gasteiger partial charge is 0.355 e. The highest BCUT2D eigenvalue weighted by molar-refractivity contribution is 7.09. The molecule has 0 bridgehead atoms. The first-order valence-corrected chi connectivity index (χ1v) is 10.8. The number of thiophene rings is 1. The molecule has 0 radical (unpaired) electrons. The van der Waals surface area contributed by atoms with Crippen LogP contribution in [0.15, 0.2) is 17.5 Å². The molecule has 0 aromatic carbocycles. The van der Waals surface area contributed by atoms with Gasteiger partial charge in [0.25, 0.3) is 5.91 Å². The maximum absolute atomic E-state index is 12.5. The Morgan fingerprint density at radius 1 is 1.13 bits per heavy atom. The van der Waals surface area contributed by atoms with Crippen molar-refractivity contribution in [1.82, 2.24) is 15.2 Å². The van der Waals surface area contributed by atoms with Crippen molar-refractivity contribution in [3.8, 4) is 0 Å². The SMILES string of the molecule is CCOC(=O)c1[nH]c(C)c(C(=O)OCC(=O)N(CC)CC(=O)NCc2cccs2)c1C. The Morgan fingerprint density at radius 3 is 2.48 bits per heavy atom. The monoisotopic (exact) mass is 449 g/mol. The number of aromatic amines is 1. The fourth-order valence-corrected chi connectivity index (χ4v) is 3.60. The van der Waals surface area contributed by atoms with Crippen molar-refractivity contribution in [2.45, 2.75) is 34.2 Å². The molecule has 2 N–H and O–H groups in total. The summed E-state index contributed by atoms with van der Waals surface area (Å²) >= 11 is 1.53. The molecule has 0 fully saturated rings. The molecule has 168 valence electrons. The van der Waals surface area contributed by atoms with Crippen LogP contribution in [0.3, 0.4) is 0 Å². The molecule has 0 aliphatic carbocycles. The number of aromatic nitrogens is 1. The highest BCUT2D eigenvalue weighted by atomic mass is 32.1. The van der Waals surface area contributed by atoms with Crippen molar-refractivity contribution >= 4 is 35.1 Å². The molecular weight excluding hydrogens is 422 g/mol. The lowest BCUT2D eigenvalue weighted by Crippen LogP contribution is -2.42. The number of hydrogen-bond donors (Lipinski definition) is 2. The quantitative estimate of drug-likeness (QED) is 0.537. The van der Waals surface area contributed by atoms with E-state index in [0.717, 1.165) is 4.88 Å². The summed E-state index contributed by atoms with van der Waals surface area (Å²) < 4.78 is 10.1. The summed E-state index contributed by atoms with van der Waals surface area (Å²) in [6.07, 6.45) is 0.